The zero-order valence-electron chi connectivity index (χ0n) is 11.4. The highest BCUT2D eigenvalue weighted by molar-refractivity contribution is 9.10. The van der Waals surface area contributed by atoms with Crippen LogP contribution in [0.2, 0.25) is 0 Å². The second-order valence-electron chi connectivity index (χ2n) is 4.52. The fraction of sp³-hybridized carbons (Fsp3) is 0.200. The third-order valence-corrected chi connectivity index (χ3v) is 5.26. The van der Waals surface area contributed by atoms with Gasteiger partial charge in [0.25, 0.3) is 0 Å². The summed E-state index contributed by atoms with van der Waals surface area (Å²) in [6.45, 7) is -0.144. The maximum Gasteiger partial charge on any atom is 0.182 e. The fourth-order valence-electron chi connectivity index (χ4n) is 1.97. The Balaban J connectivity index is 2.38. The first-order valence-electron chi connectivity index (χ1n) is 6.21. The van der Waals surface area contributed by atoms with Gasteiger partial charge in [-0.3, -0.25) is 0 Å². The summed E-state index contributed by atoms with van der Waals surface area (Å²) in [7, 11) is -1.98. The fourth-order valence-corrected chi connectivity index (χ4v) is 3.59. The highest BCUT2D eigenvalue weighted by Crippen LogP contribution is 2.26. The van der Waals surface area contributed by atoms with Crippen LogP contribution in [0.1, 0.15) is 11.1 Å². The molecule has 0 spiro atoms. The summed E-state index contributed by atoms with van der Waals surface area (Å²) in [4.78, 5) is 0.252. The van der Waals surface area contributed by atoms with E-state index < -0.39 is 9.84 Å². The van der Waals surface area contributed by atoms with Gasteiger partial charge in [0.15, 0.2) is 9.84 Å². The molecule has 0 atom stereocenters. The van der Waals surface area contributed by atoms with E-state index in [0.717, 1.165) is 4.47 Å². The van der Waals surface area contributed by atoms with E-state index in [1.807, 2.05) is 0 Å². The monoisotopic (exact) mass is 370 g/mol. The van der Waals surface area contributed by atoms with Gasteiger partial charge in [-0.2, -0.15) is 0 Å². The van der Waals surface area contributed by atoms with Gasteiger partial charge in [0, 0.05) is 10.0 Å². The Morgan fingerprint density at radius 2 is 1.81 bits per heavy atom. The summed E-state index contributed by atoms with van der Waals surface area (Å²) in [6.07, 6.45) is 0. The second-order valence-corrected chi connectivity index (χ2v) is 7.42. The normalized spacial score (nSPS) is 11.4. The van der Waals surface area contributed by atoms with E-state index in [9.17, 15) is 13.5 Å². The molecule has 0 aliphatic carbocycles. The molecule has 1 N–H and O–H groups in total. The molecule has 6 heteroatoms. The van der Waals surface area contributed by atoms with Crippen LogP contribution in [0.15, 0.2) is 51.8 Å². The van der Waals surface area contributed by atoms with Crippen LogP contribution in [0, 0.1) is 0 Å². The van der Waals surface area contributed by atoms with E-state index in [4.69, 9.17) is 4.74 Å². The van der Waals surface area contributed by atoms with Crippen LogP contribution < -0.4 is 4.74 Å². The summed E-state index contributed by atoms with van der Waals surface area (Å²) in [5.74, 6) is 0.318. The van der Waals surface area contributed by atoms with E-state index in [2.05, 4.69) is 15.9 Å². The third kappa shape index (κ3) is 3.84. The number of ether oxygens (including phenoxy) is 1. The van der Waals surface area contributed by atoms with Crippen LogP contribution in [0.4, 0.5) is 0 Å². The van der Waals surface area contributed by atoms with Gasteiger partial charge in [-0.1, -0.05) is 22.0 Å². The molecule has 0 radical (unpaired) electrons. The third-order valence-electron chi connectivity index (χ3n) is 3.05. The van der Waals surface area contributed by atoms with Crippen LogP contribution in [-0.4, -0.2) is 20.6 Å². The number of aliphatic hydroxyl groups excluding tert-OH is 1. The lowest BCUT2D eigenvalue weighted by molar-refractivity contribution is 0.281. The lowest BCUT2D eigenvalue weighted by Gasteiger charge is -2.11. The largest absolute Gasteiger partial charge is 0.496 e. The van der Waals surface area contributed by atoms with Gasteiger partial charge in [0.2, 0.25) is 0 Å². The first-order chi connectivity index (χ1) is 9.96. The quantitative estimate of drug-likeness (QED) is 0.878. The minimum Gasteiger partial charge on any atom is -0.496 e. The summed E-state index contributed by atoms with van der Waals surface area (Å²) in [6, 6.07) is 11.5. The predicted molar refractivity (Wildman–Crippen MR) is 83.9 cm³/mol. The molecule has 0 unspecified atom stereocenters. The zero-order chi connectivity index (χ0) is 15.5. The Morgan fingerprint density at radius 3 is 2.38 bits per heavy atom. The van der Waals surface area contributed by atoms with Gasteiger partial charge in [-0.25, -0.2) is 8.42 Å². The van der Waals surface area contributed by atoms with Crippen LogP contribution in [0.3, 0.4) is 0 Å². The zero-order valence-corrected chi connectivity index (χ0v) is 13.8. The molecule has 2 aromatic carbocycles. The van der Waals surface area contributed by atoms with Crippen molar-refractivity contribution in [3.63, 3.8) is 0 Å². The van der Waals surface area contributed by atoms with Crippen molar-refractivity contribution in [1.29, 1.82) is 0 Å². The maximum absolute atomic E-state index is 12.4. The minimum absolute atomic E-state index is 0.144. The van der Waals surface area contributed by atoms with E-state index in [1.165, 1.54) is 7.11 Å². The van der Waals surface area contributed by atoms with Crippen molar-refractivity contribution in [3.8, 4) is 5.75 Å². The Bertz CT molecular complexity index is 724. The lowest BCUT2D eigenvalue weighted by Crippen LogP contribution is -2.06. The van der Waals surface area contributed by atoms with Crippen LogP contribution >= 0.6 is 15.9 Å². The Kier molecular flexibility index (Phi) is 5.03. The van der Waals surface area contributed by atoms with E-state index >= 15 is 0 Å². The van der Waals surface area contributed by atoms with Crippen molar-refractivity contribution < 1.29 is 18.3 Å². The van der Waals surface area contributed by atoms with Crippen molar-refractivity contribution in [2.75, 3.05) is 7.11 Å². The van der Waals surface area contributed by atoms with Crippen molar-refractivity contribution in [1.82, 2.24) is 0 Å². The summed E-state index contributed by atoms with van der Waals surface area (Å²) >= 11 is 3.28. The molecule has 0 amide bonds. The van der Waals surface area contributed by atoms with Gasteiger partial charge in [0.05, 0.1) is 24.4 Å². The SMILES string of the molecule is COc1ccc(CO)cc1CS(=O)(=O)c1ccc(Br)cc1. The molecule has 0 aliphatic heterocycles. The average molecular weight is 371 g/mol. The molecule has 0 saturated carbocycles. The molecule has 0 heterocycles. The van der Waals surface area contributed by atoms with E-state index in [0.29, 0.717) is 16.9 Å². The summed E-state index contributed by atoms with van der Waals surface area (Å²) in [5, 5.41) is 9.18. The van der Waals surface area contributed by atoms with Gasteiger partial charge in [0.1, 0.15) is 5.75 Å². The van der Waals surface area contributed by atoms with Crippen LogP contribution in [-0.2, 0) is 22.2 Å². The molecule has 0 aliphatic rings. The highest BCUT2D eigenvalue weighted by atomic mass is 79.9. The molecule has 112 valence electrons. The highest BCUT2D eigenvalue weighted by Gasteiger charge is 2.18. The number of halogens is 1. The molecular formula is C15H15BrO4S. The number of aliphatic hydroxyl groups is 1. The number of sulfone groups is 1. The molecule has 21 heavy (non-hydrogen) atoms. The summed E-state index contributed by atoms with van der Waals surface area (Å²) in [5.41, 5.74) is 1.18. The molecule has 2 rings (SSSR count). The molecular weight excluding hydrogens is 356 g/mol. The van der Waals surface area contributed by atoms with Crippen molar-refractivity contribution in [3.05, 3.63) is 58.1 Å². The van der Waals surface area contributed by atoms with E-state index in [-0.39, 0.29) is 17.3 Å². The number of hydrogen-bond acceptors (Lipinski definition) is 4. The van der Waals surface area contributed by atoms with Crippen LogP contribution in [0.5, 0.6) is 5.75 Å². The molecule has 0 fully saturated rings. The van der Waals surface area contributed by atoms with Crippen molar-refractivity contribution >= 4 is 25.8 Å². The molecule has 0 bridgehead atoms. The maximum atomic E-state index is 12.4. The number of hydrogen-bond donors (Lipinski definition) is 1. The van der Waals surface area contributed by atoms with Gasteiger partial charge >= 0.3 is 0 Å². The van der Waals surface area contributed by atoms with Gasteiger partial charge in [-0.05, 0) is 42.0 Å². The van der Waals surface area contributed by atoms with Crippen molar-refractivity contribution in [2.45, 2.75) is 17.3 Å². The van der Waals surface area contributed by atoms with Gasteiger partial charge < -0.3 is 9.84 Å². The number of rotatable bonds is 5. The van der Waals surface area contributed by atoms with Crippen LogP contribution in [0.25, 0.3) is 0 Å². The Morgan fingerprint density at radius 1 is 1.14 bits per heavy atom. The Labute approximate surface area is 132 Å². The Hall–Kier alpha value is -1.37. The summed E-state index contributed by atoms with van der Waals surface area (Å²) < 4.78 is 30.9. The standard InChI is InChI=1S/C15H15BrO4S/c1-20-15-7-2-11(9-17)8-12(15)10-21(18,19)14-5-3-13(16)4-6-14/h2-8,17H,9-10H2,1H3. The minimum atomic E-state index is -3.47. The average Bonchev–Trinajstić information content (AvgIpc) is 2.47. The van der Waals surface area contributed by atoms with Gasteiger partial charge in [-0.15, -0.1) is 0 Å². The molecule has 4 nitrogen and oxygen atoms in total. The molecule has 0 aromatic heterocycles. The first-order valence-corrected chi connectivity index (χ1v) is 8.66. The lowest BCUT2D eigenvalue weighted by atomic mass is 10.1. The molecule has 0 saturated heterocycles. The topological polar surface area (TPSA) is 63.6 Å². The van der Waals surface area contributed by atoms with E-state index in [1.54, 1.807) is 42.5 Å². The second kappa shape index (κ2) is 6.60. The van der Waals surface area contributed by atoms with Crippen molar-refractivity contribution in [2.24, 2.45) is 0 Å². The number of benzene rings is 2. The smallest absolute Gasteiger partial charge is 0.182 e. The molecule has 2 aromatic rings. The first kappa shape index (κ1) is 16.0. The number of methoxy groups -OCH3 is 1. The predicted octanol–water partition coefficient (Wildman–Crippen LogP) is 2.92.